The summed E-state index contributed by atoms with van der Waals surface area (Å²) in [6, 6.07) is 6.16. The van der Waals surface area contributed by atoms with Crippen LogP contribution in [0.4, 0.5) is 13.2 Å². The molecule has 0 amide bonds. The van der Waals surface area contributed by atoms with Gasteiger partial charge in [-0.3, -0.25) is 0 Å². The minimum atomic E-state index is -4.56. The van der Waals surface area contributed by atoms with Crippen molar-refractivity contribution in [3.63, 3.8) is 0 Å². The molecule has 146 valence electrons. The summed E-state index contributed by atoms with van der Waals surface area (Å²) in [5.74, 6) is -0.0291. The van der Waals surface area contributed by atoms with Crippen molar-refractivity contribution < 1.29 is 31.1 Å². The molecule has 0 atom stereocenters. The maximum Gasteiger partial charge on any atom is 0.417 e. The van der Waals surface area contributed by atoms with Gasteiger partial charge in [0.2, 0.25) is 15.9 Å². The molecule has 0 aliphatic carbocycles. The summed E-state index contributed by atoms with van der Waals surface area (Å²) in [6.45, 7) is 1.20. The van der Waals surface area contributed by atoms with Gasteiger partial charge in [0.05, 0.1) is 23.7 Å². The first-order chi connectivity index (χ1) is 12.7. The van der Waals surface area contributed by atoms with E-state index in [4.69, 9.17) is 21.1 Å². The Bertz CT molecular complexity index is 914. The van der Waals surface area contributed by atoms with Crippen LogP contribution in [0.3, 0.4) is 0 Å². The Kier molecular flexibility index (Phi) is 5.61. The number of rotatable bonds is 4. The van der Waals surface area contributed by atoms with Crippen molar-refractivity contribution in [2.24, 2.45) is 0 Å². The van der Waals surface area contributed by atoms with Crippen molar-refractivity contribution in [1.82, 2.24) is 9.29 Å². The van der Waals surface area contributed by atoms with Crippen LogP contribution in [0, 0.1) is 0 Å². The van der Waals surface area contributed by atoms with Gasteiger partial charge >= 0.3 is 6.18 Å². The molecule has 0 unspecified atom stereocenters. The molecule has 0 spiro atoms. The van der Waals surface area contributed by atoms with Crippen molar-refractivity contribution in [2.75, 3.05) is 26.3 Å². The molecule has 11 heteroatoms. The van der Waals surface area contributed by atoms with E-state index >= 15 is 0 Å². The van der Waals surface area contributed by atoms with Gasteiger partial charge in [-0.2, -0.15) is 17.5 Å². The Labute approximate surface area is 158 Å². The first-order valence-electron chi connectivity index (χ1n) is 7.76. The van der Waals surface area contributed by atoms with Gasteiger partial charge in [-0.15, -0.1) is 0 Å². The van der Waals surface area contributed by atoms with Gasteiger partial charge in [0.1, 0.15) is 10.8 Å². The molecule has 3 rings (SSSR count). The molecular weight excluding hydrogens is 409 g/mol. The number of aromatic nitrogens is 1. The van der Waals surface area contributed by atoms with E-state index in [1.165, 1.54) is 28.6 Å². The summed E-state index contributed by atoms with van der Waals surface area (Å²) in [7, 11) is -3.65. The summed E-state index contributed by atoms with van der Waals surface area (Å²) in [6.07, 6.45) is -3.96. The van der Waals surface area contributed by atoms with Crippen molar-refractivity contribution in [1.29, 1.82) is 0 Å². The monoisotopic (exact) mass is 422 g/mol. The summed E-state index contributed by atoms with van der Waals surface area (Å²) in [5, 5.41) is -0.310. The first-order valence-corrected chi connectivity index (χ1v) is 9.58. The number of pyridine rings is 1. The molecular formula is C16H14ClF3N2O4S. The standard InChI is InChI=1S/C16H14ClF3N2O4S/c17-14-9-11(16(18,19)20)10-21-15(14)26-12-1-3-13(4-2-12)27(23,24)22-5-7-25-8-6-22/h1-4,9-10H,5-8H2. The molecule has 1 aromatic carbocycles. The molecule has 0 bridgehead atoms. The van der Waals surface area contributed by atoms with Crippen molar-refractivity contribution >= 4 is 21.6 Å². The summed E-state index contributed by atoms with van der Waals surface area (Å²) >= 11 is 5.79. The molecule has 1 aliphatic heterocycles. The molecule has 0 saturated carbocycles. The second-order valence-corrected chi connectivity index (χ2v) is 7.94. The second-order valence-electron chi connectivity index (χ2n) is 5.60. The Morgan fingerprint density at radius 3 is 2.33 bits per heavy atom. The molecule has 0 N–H and O–H groups in total. The molecule has 6 nitrogen and oxygen atoms in total. The molecule has 1 fully saturated rings. The zero-order chi connectivity index (χ0) is 19.7. The number of nitrogens with zero attached hydrogens (tertiary/aromatic N) is 2. The maximum absolute atomic E-state index is 12.6. The number of halogens is 4. The van der Waals surface area contributed by atoms with Gasteiger partial charge in [0.15, 0.2) is 0 Å². The summed E-state index contributed by atoms with van der Waals surface area (Å²) in [4.78, 5) is 3.64. The Morgan fingerprint density at radius 1 is 1.15 bits per heavy atom. The quantitative estimate of drug-likeness (QED) is 0.753. The van der Waals surface area contributed by atoms with E-state index < -0.39 is 21.8 Å². The molecule has 1 saturated heterocycles. The highest BCUT2D eigenvalue weighted by Crippen LogP contribution is 2.34. The second kappa shape index (κ2) is 7.63. The predicted molar refractivity (Wildman–Crippen MR) is 90.3 cm³/mol. The fourth-order valence-corrected chi connectivity index (χ4v) is 4.00. The molecule has 0 radical (unpaired) electrons. The van der Waals surface area contributed by atoms with Crippen LogP contribution in [0.15, 0.2) is 41.4 Å². The van der Waals surface area contributed by atoms with Gasteiger partial charge in [-0.25, -0.2) is 13.4 Å². The third-order valence-corrected chi connectivity index (χ3v) is 5.96. The van der Waals surface area contributed by atoms with E-state index in [-0.39, 0.29) is 34.6 Å². The van der Waals surface area contributed by atoms with E-state index in [0.29, 0.717) is 25.5 Å². The van der Waals surface area contributed by atoms with Crippen LogP contribution >= 0.6 is 11.6 Å². The topological polar surface area (TPSA) is 68.7 Å². The SMILES string of the molecule is O=S(=O)(c1ccc(Oc2ncc(C(F)(F)F)cc2Cl)cc1)N1CCOCC1. The molecule has 2 heterocycles. The van der Waals surface area contributed by atoms with Crippen LogP contribution in [-0.4, -0.2) is 44.0 Å². The number of benzene rings is 1. The lowest BCUT2D eigenvalue weighted by molar-refractivity contribution is -0.137. The highest BCUT2D eigenvalue weighted by atomic mass is 35.5. The highest BCUT2D eigenvalue weighted by Gasteiger charge is 2.32. The summed E-state index contributed by atoms with van der Waals surface area (Å²) < 4.78 is 74.8. The van der Waals surface area contributed by atoms with Gasteiger partial charge in [0.25, 0.3) is 0 Å². The lowest BCUT2D eigenvalue weighted by atomic mass is 10.3. The highest BCUT2D eigenvalue weighted by molar-refractivity contribution is 7.89. The number of morpholine rings is 1. The predicted octanol–water partition coefficient (Wildman–Crippen LogP) is 3.57. The van der Waals surface area contributed by atoms with Crippen LogP contribution in [0.25, 0.3) is 0 Å². The Balaban J connectivity index is 1.76. The lowest BCUT2D eigenvalue weighted by Crippen LogP contribution is -2.40. The van der Waals surface area contributed by atoms with E-state index in [2.05, 4.69) is 4.98 Å². The van der Waals surface area contributed by atoms with Crippen LogP contribution in [0.5, 0.6) is 11.6 Å². The van der Waals surface area contributed by atoms with Gasteiger partial charge < -0.3 is 9.47 Å². The van der Waals surface area contributed by atoms with Crippen LogP contribution in [0.1, 0.15) is 5.56 Å². The van der Waals surface area contributed by atoms with Crippen molar-refractivity contribution in [2.45, 2.75) is 11.1 Å². The van der Waals surface area contributed by atoms with Gasteiger partial charge in [-0.1, -0.05) is 11.6 Å². The first kappa shape index (κ1) is 19.9. The molecule has 27 heavy (non-hydrogen) atoms. The van der Waals surface area contributed by atoms with E-state index in [1.807, 2.05) is 0 Å². The molecule has 1 aliphatic rings. The van der Waals surface area contributed by atoms with Gasteiger partial charge in [0, 0.05) is 19.3 Å². The van der Waals surface area contributed by atoms with Crippen LogP contribution in [-0.2, 0) is 20.9 Å². The van der Waals surface area contributed by atoms with Crippen LogP contribution in [0.2, 0.25) is 5.02 Å². The molecule has 1 aromatic heterocycles. The van der Waals surface area contributed by atoms with Crippen molar-refractivity contribution in [3.05, 3.63) is 47.1 Å². The zero-order valence-corrected chi connectivity index (χ0v) is 15.3. The number of hydrogen-bond acceptors (Lipinski definition) is 5. The minimum Gasteiger partial charge on any atom is -0.438 e. The Morgan fingerprint density at radius 2 is 1.78 bits per heavy atom. The Hall–Kier alpha value is -1.88. The normalized spacial score (nSPS) is 16.3. The number of sulfonamides is 1. The zero-order valence-electron chi connectivity index (χ0n) is 13.7. The number of ether oxygens (including phenoxy) is 2. The lowest BCUT2D eigenvalue weighted by Gasteiger charge is -2.26. The number of alkyl halides is 3. The largest absolute Gasteiger partial charge is 0.438 e. The molecule has 2 aromatic rings. The summed E-state index contributed by atoms with van der Waals surface area (Å²) in [5.41, 5.74) is -0.994. The van der Waals surface area contributed by atoms with E-state index in [1.54, 1.807) is 0 Å². The van der Waals surface area contributed by atoms with E-state index in [0.717, 1.165) is 0 Å². The minimum absolute atomic E-state index is 0.0724. The average Bonchev–Trinajstić information content (AvgIpc) is 2.64. The fraction of sp³-hybridized carbons (Fsp3) is 0.312. The van der Waals surface area contributed by atoms with E-state index in [9.17, 15) is 21.6 Å². The number of hydrogen-bond donors (Lipinski definition) is 0. The third-order valence-electron chi connectivity index (χ3n) is 3.78. The van der Waals surface area contributed by atoms with Gasteiger partial charge in [-0.05, 0) is 30.3 Å². The third kappa shape index (κ3) is 4.52. The van der Waals surface area contributed by atoms with Crippen LogP contribution < -0.4 is 4.74 Å². The fourth-order valence-electron chi connectivity index (χ4n) is 2.38. The van der Waals surface area contributed by atoms with Crippen molar-refractivity contribution in [3.8, 4) is 11.6 Å². The maximum atomic E-state index is 12.6. The average molecular weight is 423 g/mol. The smallest absolute Gasteiger partial charge is 0.417 e.